The Morgan fingerprint density at radius 1 is 1.00 bits per heavy atom. The number of nitrogens with zero attached hydrogens (tertiary/aromatic N) is 3. The van der Waals surface area contributed by atoms with Crippen LogP contribution in [-0.4, -0.2) is 20.7 Å². The highest BCUT2D eigenvalue weighted by Crippen LogP contribution is 2.24. The number of fused-ring (bicyclic) bond motifs is 1. The average Bonchev–Trinajstić information content (AvgIpc) is 3.09. The van der Waals surface area contributed by atoms with Crippen molar-refractivity contribution in [3.63, 3.8) is 0 Å². The molecule has 0 fully saturated rings. The van der Waals surface area contributed by atoms with Crippen LogP contribution in [0.15, 0.2) is 61.1 Å². The molecule has 1 amide bonds. The van der Waals surface area contributed by atoms with Gasteiger partial charge in [-0.05, 0) is 35.9 Å². The molecule has 0 bridgehead atoms. The lowest BCUT2D eigenvalue weighted by Gasteiger charge is -2.27. The highest BCUT2D eigenvalue weighted by atomic mass is 16.2. The van der Waals surface area contributed by atoms with Crippen molar-refractivity contribution in [3.05, 3.63) is 72.2 Å². The lowest BCUT2D eigenvalue weighted by molar-refractivity contribution is 0.0935. The fourth-order valence-corrected chi connectivity index (χ4v) is 2.49. The molecular weight excluding hydrogens is 278 g/mol. The van der Waals surface area contributed by atoms with Gasteiger partial charge in [-0.1, -0.05) is 12.1 Å². The van der Waals surface area contributed by atoms with E-state index in [0.29, 0.717) is 11.4 Å². The van der Waals surface area contributed by atoms with E-state index in [9.17, 15) is 4.79 Å². The number of pyridine rings is 1. The Kier molecular flexibility index (Phi) is 2.86. The first-order valence-electron chi connectivity index (χ1n) is 6.94. The second kappa shape index (κ2) is 5.00. The molecule has 1 aliphatic heterocycles. The Balaban J connectivity index is 1.62. The predicted molar refractivity (Wildman–Crippen MR) is 81.6 cm³/mol. The minimum absolute atomic E-state index is 0.122. The zero-order valence-corrected chi connectivity index (χ0v) is 11.6. The molecular formula is C16H13N5O. The number of anilines is 1. The van der Waals surface area contributed by atoms with Crippen molar-refractivity contribution in [1.29, 1.82) is 0 Å². The van der Waals surface area contributed by atoms with Gasteiger partial charge in [-0.3, -0.25) is 4.79 Å². The topological polar surface area (TPSA) is 71.8 Å². The molecule has 3 aromatic rings. The Morgan fingerprint density at radius 3 is 2.64 bits per heavy atom. The maximum Gasteiger partial charge on any atom is 0.256 e. The molecule has 2 aromatic heterocycles. The van der Waals surface area contributed by atoms with E-state index in [1.54, 1.807) is 29.2 Å². The summed E-state index contributed by atoms with van der Waals surface area (Å²) in [6, 6.07) is 13.2. The predicted octanol–water partition coefficient (Wildman–Crippen LogP) is 2.12. The summed E-state index contributed by atoms with van der Waals surface area (Å²) in [5, 5.41) is 10.4. The Morgan fingerprint density at radius 2 is 1.86 bits per heavy atom. The minimum atomic E-state index is -0.290. The fourth-order valence-electron chi connectivity index (χ4n) is 2.49. The van der Waals surface area contributed by atoms with Gasteiger partial charge in [0.05, 0.1) is 11.3 Å². The number of nitrogens with one attached hydrogen (secondary N) is 2. The molecule has 3 heterocycles. The van der Waals surface area contributed by atoms with Crippen LogP contribution < -0.4 is 10.6 Å². The summed E-state index contributed by atoms with van der Waals surface area (Å²) in [6.07, 6.45) is 5.00. The maximum atomic E-state index is 12.1. The molecule has 6 nitrogen and oxygen atoms in total. The first-order chi connectivity index (χ1) is 10.8. The Hall–Kier alpha value is -3.15. The van der Waals surface area contributed by atoms with Crippen LogP contribution in [0.4, 0.5) is 5.82 Å². The fraction of sp³-hybridized carbons (Fsp3) is 0.0625. The Labute approximate surface area is 126 Å². The monoisotopic (exact) mass is 291 g/mol. The molecule has 0 aliphatic carbocycles. The molecule has 6 heteroatoms. The van der Waals surface area contributed by atoms with Crippen molar-refractivity contribution in [1.82, 2.24) is 20.1 Å². The third-order valence-corrected chi connectivity index (χ3v) is 3.60. The zero-order valence-electron chi connectivity index (χ0n) is 11.6. The highest BCUT2D eigenvalue weighted by molar-refractivity contribution is 6.00. The largest absolute Gasteiger partial charge is 0.346 e. The molecule has 22 heavy (non-hydrogen) atoms. The summed E-state index contributed by atoms with van der Waals surface area (Å²) in [7, 11) is 0. The summed E-state index contributed by atoms with van der Waals surface area (Å²) >= 11 is 0. The second-order valence-electron chi connectivity index (χ2n) is 4.99. The van der Waals surface area contributed by atoms with Crippen LogP contribution in [0.5, 0.6) is 0 Å². The van der Waals surface area contributed by atoms with E-state index >= 15 is 0 Å². The second-order valence-corrected chi connectivity index (χ2v) is 4.99. The van der Waals surface area contributed by atoms with Crippen LogP contribution in [0.2, 0.25) is 0 Å². The van der Waals surface area contributed by atoms with E-state index in [4.69, 9.17) is 0 Å². The summed E-state index contributed by atoms with van der Waals surface area (Å²) in [5.41, 5.74) is 2.49. The molecule has 0 saturated carbocycles. The van der Waals surface area contributed by atoms with Crippen molar-refractivity contribution in [3.8, 4) is 5.69 Å². The molecule has 0 radical (unpaired) electrons. The van der Waals surface area contributed by atoms with Gasteiger partial charge in [0.25, 0.3) is 5.91 Å². The summed E-state index contributed by atoms with van der Waals surface area (Å²) in [5.74, 6) is 0.482. The average molecular weight is 291 g/mol. The van der Waals surface area contributed by atoms with E-state index in [1.165, 1.54) is 0 Å². The normalized spacial score (nSPS) is 16.5. The number of hydrogen-bond donors (Lipinski definition) is 2. The summed E-state index contributed by atoms with van der Waals surface area (Å²) in [6.45, 7) is 0. The van der Waals surface area contributed by atoms with E-state index in [1.807, 2.05) is 36.5 Å². The van der Waals surface area contributed by atoms with E-state index in [0.717, 1.165) is 11.3 Å². The van der Waals surface area contributed by atoms with Gasteiger partial charge in [-0.2, -0.15) is 5.10 Å². The van der Waals surface area contributed by atoms with Crippen molar-refractivity contribution in [2.24, 2.45) is 0 Å². The van der Waals surface area contributed by atoms with Crippen LogP contribution in [-0.2, 0) is 0 Å². The number of rotatable bonds is 2. The van der Waals surface area contributed by atoms with E-state index in [-0.39, 0.29) is 12.1 Å². The molecule has 0 saturated heterocycles. The molecule has 1 aromatic carbocycles. The van der Waals surface area contributed by atoms with Gasteiger partial charge in [-0.25, -0.2) is 9.67 Å². The molecule has 2 N–H and O–H groups in total. The first-order valence-corrected chi connectivity index (χ1v) is 6.94. The number of carbonyl (C=O) groups excluding carboxylic acids is 1. The smallest absolute Gasteiger partial charge is 0.256 e. The lowest BCUT2D eigenvalue weighted by Crippen LogP contribution is -2.38. The van der Waals surface area contributed by atoms with Gasteiger partial charge in [0.15, 0.2) is 0 Å². The van der Waals surface area contributed by atoms with Crippen LogP contribution in [0.25, 0.3) is 5.69 Å². The molecule has 4 rings (SSSR count). The van der Waals surface area contributed by atoms with Gasteiger partial charge in [-0.15, -0.1) is 0 Å². The van der Waals surface area contributed by atoms with Crippen molar-refractivity contribution >= 4 is 11.7 Å². The summed E-state index contributed by atoms with van der Waals surface area (Å²) < 4.78 is 1.79. The van der Waals surface area contributed by atoms with Crippen LogP contribution in [0, 0.1) is 0 Å². The molecule has 1 atom stereocenters. The number of aromatic nitrogens is 3. The number of carbonyl (C=O) groups is 1. The Bertz CT molecular complexity index is 811. The van der Waals surface area contributed by atoms with Crippen LogP contribution in [0.1, 0.15) is 22.1 Å². The van der Waals surface area contributed by atoms with Crippen molar-refractivity contribution < 1.29 is 4.79 Å². The molecule has 1 unspecified atom stereocenters. The SMILES string of the molecule is O=C1NC(c2ccc(-n3cccn3)cc2)Nc2ncccc21. The highest BCUT2D eigenvalue weighted by Gasteiger charge is 2.24. The van der Waals surface area contributed by atoms with E-state index < -0.39 is 0 Å². The van der Waals surface area contributed by atoms with Gasteiger partial charge < -0.3 is 10.6 Å². The third kappa shape index (κ3) is 2.10. The number of benzene rings is 1. The van der Waals surface area contributed by atoms with Gasteiger partial charge in [0, 0.05) is 18.6 Å². The maximum absolute atomic E-state index is 12.1. The minimum Gasteiger partial charge on any atom is -0.346 e. The van der Waals surface area contributed by atoms with Crippen molar-refractivity contribution in [2.45, 2.75) is 6.17 Å². The summed E-state index contributed by atoms with van der Waals surface area (Å²) in [4.78, 5) is 16.3. The number of hydrogen-bond acceptors (Lipinski definition) is 4. The van der Waals surface area contributed by atoms with E-state index in [2.05, 4.69) is 20.7 Å². The van der Waals surface area contributed by atoms with Crippen LogP contribution >= 0.6 is 0 Å². The zero-order chi connectivity index (χ0) is 14.9. The standard InChI is InChI=1S/C16H13N5O/c22-16-13-3-1-8-17-15(13)19-14(20-16)11-4-6-12(7-5-11)21-10-2-9-18-21/h1-10,14H,(H,17,19)(H,20,22). The molecule has 0 spiro atoms. The van der Waals surface area contributed by atoms with Gasteiger partial charge in [0.1, 0.15) is 12.0 Å². The third-order valence-electron chi connectivity index (χ3n) is 3.60. The van der Waals surface area contributed by atoms with Crippen molar-refractivity contribution in [2.75, 3.05) is 5.32 Å². The quantitative estimate of drug-likeness (QED) is 0.758. The van der Waals surface area contributed by atoms with Gasteiger partial charge in [0.2, 0.25) is 0 Å². The first kappa shape index (κ1) is 12.6. The van der Waals surface area contributed by atoms with Crippen LogP contribution in [0.3, 0.4) is 0 Å². The molecule has 108 valence electrons. The molecule has 1 aliphatic rings. The lowest BCUT2D eigenvalue weighted by atomic mass is 10.1. The number of amides is 1. The van der Waals surface area contributed by atoms with Gasteiger partial charge >= 0.3 is 0 Å².